The lowest BCUT2D eigenvalue weighted by Crippen LogP contribution is -3.07. The number of urea groups is 1. The normalized spacial score (nSPS) is 11.8. The maximum atomic E-state index is 12.6. The lowest BCUT2D eigenvalue weighted by atomic mass is 10.0. The van der Waals surface area contributed by atoms with Gasteiger partial charge in [-0.15, -0.1) is 0 Å². The molecule has 0 aliphatic carbocycles. The van der Waals surface area contributed by atoms with Crippen LogP contribution in [0.25, 0.3) is 0 Å². The summed E-state index contributed by atoms with van der Waals surface area (Å²) in [5, 5.41) is 8.60. The van der Waals surface area contributed by atoms with Gasteiger partial charge in [0, 0.05) is 18.2 Å². The average molecular weight is 414 g/mol. The molecule has 0 heterocycles. The lowest BCUT2D eigenvalue weighted by Gasteiger charge is -2.23. The fraction of sp³-hybridized carbons (Fsp3) is 0.391. The fourth-order valence-corrected chi connectivity index (χ4v) is 3.15. The summed E-state index contributed by atoms with van der Waals surface area (Å²) in [6.45, 7) is 4.70. The van der Waals surface area contributed by atoms with Gasteiger partial charge >= 0.3 is 6.03 Å². The predicted octanol–water partition coefficient (Wildman–Crippen LogP) is 1.52. The molecule has 1 atom stereocenters. The number of rotatable bonds is 9. The van der Waals surface area contributed by atoms with Crippen LogP contribution in [0, 0.1) is 0 Å². The summed E-state index contributed by atoms with van der Waals surface area (Å²) in [6.07, 6.45) is 0. The quantitative estimate of drug-likeness (QED) is 0.503. The number of para-hydroxylation sites is 1. The van der Waals surface area contributed by atoms with Crippen molar-refractivity contribution in [3.8, 4) is 5.75 Å². The molecule has 0 radical (unpaired) electrons. The zero-order chi connectivity index (χ0) is 22.1. The first-order valence-electron chi connectivity index (χ1n) is 10.2. The average Bonchev–Trinajstić information content (AvgIpc) is 2.72. The number of carbonyl (C=O) groups is 2. The van der Waals surface area contributed by atoms with Gasteiger partial charge in [0.15, 0.2) is 0 Å². The van der Waals surface area contributed by atoms with Crippen LogP contribution in [0.5, 0.6) is 5.75 Å². The van der Waals surface area contributed by atoms with Crippen LogP contribution in [0.15, 0.2) is 48.5 Å². The highest BCUT2D eigenvalue weighted by Crippen LogP contribution is 2.22. The van der Waals surface area contributed by atoms with Crippen LogP contribution in [0.3, 0.4) is 0 Å². The van der Waals surface area contributed by atoms with E-state index in [2.05, 4.69) is 30.0 Å². The first kappa shape index (κ1) is 23.2. The van der Waals surface area contributed by atoms with Crippen molar-refractivity contribution in [2.24, 2.45) is 0 Å². The second kappa shape index (κ2) is 11.2. The molecule has 2 aromatic carbocycles. The maximum Gasteiger partial charge on any atom is 0.315 e. The summed E-state index contributed by atoms with van der Waals surface area (Å²) < 4.78 is 5.48. The number of methoxy groups -OCH3 is 1. The van der Waals surface area contributed by atoms with Gasteiger partial charge in [0.1, 0.15) is 11.8 Å². The minimum absolute atomic E-state index is 0.0630. The van der Waals surface area contributed by atoms with E-state index in [1.807, 2.05) is 50.2 Å². The molecule has 0 saturated carbocycles. The first-order chi connectivity index (χ1) is 14.3. The predicted molar refractivity (Wildman–Crippen MR) is 118 cm³/mol. The Morgan fingerprint density at radius 1 is 1.00 bits per heavy atom. The molecular weight excluding hydrogens is 380 g/mol. The van der Waals surface area contributed by atoms with Gasteiger partial charge in [-0.2, -0.15) is 0 Å². The van der Waals surface area contributed by atoms with E-state index in [1.54, 1.807) is 19.2 Å². The number of likely N-dealkylation sites (N-methyl/N-ethyl adjacent to an activating group) is 1. The van der Waals surface area contributed by atoms with Crippen molar-refractivity contribution in [2.45, 2.75) is 32.5 Å². The smallest absolute Gasteiger partial charge is 0.315 e. The SMILES string of the molecule is COc1ccccc1[C@@H](CNC(=O)c1ccc(CNC(=O)NC(C)C)cc1)[NH+](C)C. The van der Waals surface area contributed by atoms with Gasteiger partial charge in [-0.05, 0) is 43.7 Å². The Morgan fingerprint density at radius 3 is 2.27 bits per heavy atom. The third-order valence-corrected chi connectivity index (χ3v) is 4.77. The summed E-state index contributed by atoms with van der Waals surface area (Å²) in [7, 11) is 5.77. The van der Waals surface area contributed by atoms with E-state index in [0.29, 0.717) is 18.7 Å². The topological polar surface area (TPSA) is 83.9 Å². The molecule has 0 unspecified atom stereocenters. The number of amides is 3. The third kappa shape index (κ3) is 6.77. The Morgan fingerprint density at radius 2 is 1.67 bits per heavy atom. The molecule has 3 amide bonds. The molecule has 7 nitrogen and oxygen atoms in total. The van der Waals surface area contributed by atoms with E-state index in [0.717, 1.165) is 16.9 Å². The number of hydrogen-bond acceptors (Lipinski definition) is 3. The van der Waals surface area contributed by atoms with E-state index in [9.17, 15) is 9.59 Å². The van der Waals surface area contributed by atoms with Crippen molar-refractivity contribution in [1.82, 2.24) is 16.0 Å². The molecule has 162 valence electrons. The highest BCUT2D eigenvalue weighted by molar-refractivity contribution is 5.94. The molecule has 7 heteroatoms. The molecule has 0 spiro atoms. The Kier molecular flexibility index (Phi) is 8.68. The summed E-state index contributed by atoms with van der Waals surface area (Å²) in [5.74, 6) is 0.685. The minimum Gasteiger partial charge on any atom is -0.496 e. The van der Waals surface area contributed by atoms with Gasteiger partial charge in [0.25, 0.3) is 5.91 Å². The van der Waals surface area contributed by atoms with Crippen molar-refractivity contribution >= 4 is 11.9 Å². The van der Waals surface area contributed by atoms with Crippen LogP contribution in [-0.4, -0.2) is 45.7 Å². The van der Waals surface area contributed by atoms with Crippen LogP contribution in [-0.2, 0) is 6.54 Å². The second-order valence-electron chi connectivity index (χ2n) is 7.76. The molecule has 0 aliphatic heterocycles. The molecule has 0 saturated heterocycles. The van der Waals surface area contributed by atoms with E-state index in [4.69, 9.17) is 4.74 Å². The van der Waals surface area contributed by atoms with Crippen molar-refractivity contribution in [3.63, 3.8) is 0 Å². The van der Waals surface area contributed by atoms with Gasteiger partial charge in [-0.3, -0.25) is 4.79 Å². The van der Waals surface area contributed by atoms with Crippen LogP contribution >= 0.6 is 0 Å². The first-order valence-corrected chi connectivity index (χ1v) is 10.2. The standard InChI is InChI=1S/C23H32N4O3/c1-16(2)26-23(29)25-14-17-10-12-18(13-11-17)22(28)24-15-20(27(3)4)19-8-6-7-9-21(19)30-5/h6-13,16,20H,14-15H2,1-5H3,(H,24,28)(H2,25,26,29)/p+1/t20-/m1/s1. The Labute approximate surface area is 178 Å². The molecule has 0 fully saturated rings. The highest BCUT2D eigenvalue weighted by Gasteiger charge is 2.22. The molecule has 4 N–H and O–H groups in total. The van der Waals surface area contributed by atoms with Crippen molar-refractivity contribution in [3.05, 3.63) is 65.2 Å². The molecule has 30 heavy (non-hydrogen) atoms. The molecule has 0 bridgehead atoms. The fourth-order valence-electron chi connectivity index (χ4n) is 3.15. The molecule has 2 rings (SSSR count). The Balaban J connectivity index is 1.95. The highest BCUT2D eigenvalue weighted by atomic mass is 16.5. The maximum absolute atomic E-state index is 12.6. The molecular formula is C23H33N4O3+. The summed E-state index contributed by atoms with van der Waals surface area (Å²) in [6, 6.07) is 15.0. The minimum atomic E-state index is -0.208. The van der Waals surface area contributed by atoms with Gasteiger partial charge in [0.05, 0.1) is 33.3 Å². The number of quaternary nitrogens is 1. The number of carbonyl (C=O) groups excluding carboxylic acids is 2. The van der Waals surface area contributed by atoms with Crippen LogP contribution in [0.1, 0.15) is 41.4 Å². The number of hydrogen-bond donors (Lipinski definition) is 4. The number of ether oxygens (including phenoxy) is 1. The van der Waals surface area contributed by atoms with Crippen LogP contribution in [0.2, 0.25) is 0 Å². The lowest BCUT2D eigenvalue weighted by molar-refractivity contribution is -0.890. The zero-order valence-electron chi connectivity index (χ0n) is 18.4. The number of nitrogens with one attached hydrogen (secondary N) is 4. The van der Waals surface area contributed by atoms with Crippen LogP contribution < -0.4 is 25.6 Å². The van der Waals surface area contributed by atoms with Gasteiger partial charge in [-0.25, -0.2) is 4.79 Å². The van der Waals surface area contributed by atoms with E-state index in [1.165, 1.54) is 4.90 Å². The van der Waals surface area contributed by atoms with Gasteiger partial charge in [-0.1, -0.05) is 24.3 Å². The Hall–Kier alpha value is -3.06. The number of benzene rings is 2. The summed E-state index contributed by atoms with van der Waals surface area (Å²) >= 11 is 0. The molecule has 2 aromatic rings. The third-order valence-electron chi connectivity index (χ3n) is 4.77. The molecule has 0 aromatic heterocycles. The summed E-state index contributed by atoms with van der Waals surface area (Å²) in [5.41, 5.74) is 2.56. The zero-order valence-corrected chi connectivity index (χ0v) is 18.4. The van der Waals surface area contributed by atoms with Crippen molar-refractivity contribution in [2.75, 3.05) is 27.7 Å². The van der Waals surface area contributed by atoms with Crippen LogP contribution in [0.4, 0.5) is 4.79 Å². The van der Waals surface area contributed by atoms with Crippen molar-refractivity contribution in [1.29, 1.82) is 0 Å². The Bertz CT molecular complexity index is 835. The van der Waals surface area contributed by atoms with Gasteiger partial charge in [0.2, 0.25) is 0 Å². The van der Waals surface area contributed by atoms with Gasteiger partial charge < -0.3 is 25.6 Å². The van der Waals surface area contributed by atoms with E-state index < -0.39 is 0 Å². The molecule has 0 aliphatic rings. The monoisotopic (exact) mass is 413 g/mol. The van der Waals surface area contributed by atoms with Crippen molar-refractivity contribution < 1.29 is 19.2 Å². The summed E-state index contributed by atoms with van der Waals surface area (Å²) in [4.78, 5) is 25.5. The van der Waals surface area contributed by atoms with E-state index >= 15 is 0 Å². The van der Waals surface area contributed by atoms with E-state index in [-0.39, 0.29) is 24.0 Å². The second-order valence-corrected chi connectivity index (χ2v) is 7.76. The largest absolute Gasteiger partial charge is 0.496 e.